The predicted octanol–water partition coefficient (Wildman–Crippen LogP) is 3.64. The van der Waals surface area contributed by atoms with Gasteiger partial charge in [-0.2, -0.15) is 0 Å². The van der Waals surface area contributed by atoms with Crippen LogP contribution in [0.15, 0.2) is 30.5 Å². The van der Waals surface area contributed by atoms with E-state index in [4.69, 9.17) is 0 Å². The van der Waals surface area contributed by atoms with E-state index in [1.54, 1.807) is 19.2 Å². The molecule has 11 heteroatoms. The van der Waals surface area contributed by atoms with E-state index < -0.39 is 17.8 Å². The Balaban J connectivity index is 1.06. The molecule has 1 aliphatic heterocycles. The fraction of sp³-hybridized carbons (Fsp3) is 0.462. The third-order valence-electron chi connectivity index (χ3n) is 7.53. The summed E-state index contributed by atoms with van der Waals surface area (Å²) in [5, 5.41) is 6.18. The lowest BCUT2D eigenvalue weighted by Crippen LogP contribution is -2.28. The molecular formula is C26H28F2N8O. The van der Waals surface area contributed by atoms with Crippen molar-refractivity contribution in [1.29, 1.82) is 0 Å². The van der Waals surface area contributed by atoms with Gasteiger partial charge in [-0.05, 0) is 44.9 Å². The molecule has 0 bridgehead atoms. The van der Waals surface area contributed by atoms with Crippen LogP contribution in [0.4, 0.5) is 26.2 Å². The van der Waals surface area contributed by atoms with Crippen molar-refractivity contribution in [2.24, 2.45) is 17.8 Å². The number of amides is 1. The number of aromatic nitrogens is 5. The Kier molecular flexibility index (Phi) is 5.54. The van der Waals surface area contributed by atoms with Crippen LogP contribution in [0.2, 0.25) is 0 Å². The van der Waals surface area contributed by atoms with E-state index >= 15 is 0 Å². The van der Waals surface area contributed by atoms with E-state index in [1.807, 2.05) is 36.9 Å². The molecule has 0 aromatic carbocycles. The fourth-order valence-electron chi connectivity index (χ4n) is 5.18. The average Bonchev–Trinajstić information content (AvgIpc) is 3.67. The molecule has 192 valence electrons. The van der Waals surface area contributed by atoms with E-state index in [0.29, 0.717) is 49.3 Å². The zero-order chi connectivity index (χ0) is 25.9. The minimum atomic E-state index is -2.50. The molecule has 9 nitrogen and oxygen atoms in total. The molecule has 1 saturated heterocycles. The molecule has 3 aromatic rings. The highest BCUT2D eigenvalue weighted by Crippen LogP contribution is 2.59. The van der Waals surface area contributed by atoms with Gasteiger partial charge in [-0.15, -0.1) is 0 Å². The summed E-state index contributed by atoms with van der Waals surface area (Å²) < 4.78 is 27.0. The Morgan fingerprint density at radius 3 is 2.54 bits per heavy atom. The molecule has 2 unspecified atom stereocenters. The van der Waals surface area contributed by atoms with Gasteiger partial charge in [0.15, 0.2) is 0 Å². The van der Waals surface area contributed by atoms with Crippen LogP contribution in [0.1, 0.15) is 40.9 Å². The number of hydrogen-bond acceptors (Lipinski definition) is 8. The van der Waals surface area contributed by atoms with Gasteiger partial charge in [0, 0.05) is 55.1 Å². The zero-order valence-electron chi connectivity index (χ0n) is 20.9. The van der Waals surface area contributed by atoms with Crippen LogP contribution in [-0.2, 0) is 11.3 Å². The van der Waals surface area contributed by atoms with Gasteiger partial charge in [-0.25, -0.2) is 33.7 Å². The quantitative estimate of drug-likeness (QED) is 0.500. The lowest BCUT2D eigenvalue weighted by molar-refractivity contribution is -0.117. The number of pyridine rings is 1. The summed E-state index contributed by atoms with van der Waals surface area (Å²) in [4.78, 5) is 36.9. The van der Waals surface area contributed by atoms with Crippen molar-refractivity contribution in [3.63, 3.8) is 0 Å². The first-order valence-electron chi connectivity index (χ1n) is 12.5. The number of nitrogens with zero attached hydrogens (tertiary/aromatic N) is 6. The van der Waals surface area contributed by atoms with Gasteiger partial charge in [-0.1, -0.05) is 6.07 Å². The standard InChI is InChI=1S/C26H28F2N8O/c1-13-6-7-29-24(31-13)17-8-18(17)25(37)35-22-9-21(33-15(3)34-22)30-10-16-4-5-23(32-14(16)2)36-11-19-20(12-36)26(19,27)28/h4-7,9,17-20H,8,10-12H2,1-3H3,(H2,30,33,34,35,37)/t17-,18-,19?,20?/m0/s1. The zero-order valence-corrected chi connectivity index (χ0v) is 20.9. The lowest BCUT2D eigenvalue weighted by Gasteiger charge is -2.22. The molecule has 2 saturated carbocycles. The van der Waals surface area contributed by atoms with Crippen LogP contribution in [0, 0.1) is 38.5 Å². The number of piperidine rings is 1. The second-order valence-corrected chi connectivity index (χ2v) is 10.2. The minimum absolute atomic E-state index is 0.0294. The molecule has 37 heavy (non-hydrogen) atoms. The number of rotatable bonds is 7. The maximum absolute atomic E-state index is 13.5. The first-order valence-corrected chi connectivity index (χ1v) is 12.5. The maximum Gasteiger partial charge on any atom is 0.258 e. The summed E-state index contributed by atoms with van der Waals surface area (Å²) in [5.74, 6) is -0.822. The first kappa shape index (κ1) is 23.6. The molecule has 6 rings (SSSR count). The van der Waals surface area contributed by atoms with E-state index in [1.165, 1.54) is 0 Å². The molecule has 0 radical (unpaired) electrons. The highest BCUT2D eigenvalue weighted by Gasteiger charge is 2.71. The number of anilines is 3. The molecule has 4 heterocycles. The van der Waals surface area contributed by atoms with Crippen molar-refractivity contribution in [2.75, 3.05) is 28.6 Å². The van der Waals surface area contributed by atoms with Gasteiger partial charge in [-0.3, -0.25) is 4.79 Å². The minimum Gasteiger partial charge on any atom is -0.366 e. The van der Waals surface area contributed by atoms with E-state index in [9.17, 15) is 13.6 Å². The monoisotopic (exact) mass is 506 g/mol. The van der Waals surface area contributed by atoms with Crippen LogP contribution < -0.4 is 15.5 Å². The first-order chi connectivity index (χ1) is 17.7. The van der Waals surface area contributed by atoms with Gasteiger partial charge >= 0.3 is 0 Å². The van der Waals surface area contributed by atoms with Crippen molar-refractivity contribution in [2.45, 2.75) is 45.6 Å². The van der Waals surface area contributed by atoms with Crippen molar-refractivity contribution in [1.82, 2.24) is 24.9 Å². The lowest BCUT2D eigenvalue weighted by atomic mass is 10.2. The third-order valence-corrected chi connectivity index (χ3v) is 7.53. The van der Waals surface area contributed by atoms with Crippen molar-refractivity contribution in [3.05, 3.63) is 59.1 Å². The van der Waals surface area contributed by atoms with Crippen LogP contribution >= 0.6 is 0 Å². The Bertz CT molecular complexity index is 1370. The summed E-state index contributed by atoms with van der Waals surface area (Å²) in [5.41, 5.74) is 2.68. The molecule has 3 aromatic heterocycles. The van der Waals surface area contributed by atoms with Crippen molar-refractivity contribution < 1.29 is 13.6 Å². The van der Waals surface area contributed by atoms with Crippen LogP contribution in [0.25, 0.3) is 0 Å². The Hall–Kier alpha value is -3.76. The third kappa shape index (κ3) is 4.58. The van der Waals surface area contributed by atoms with E-state index in [2.05, 4.69) is 35.6 Å². The number of carbonyl (C=O) groups is 1. The van der Waals surface area contributed by atoms with Crippen LogP contribution in [0.3, 0.4) is 0 Å². The number of alkyl halides is 2. The van der Waals surface area contributed by atoms with Gasteiger partial charge in [0.25, 0.3) is 5.92 Å². The topological polar surface area (TPSA) is 109 Å². The highest BCUT2D eigenvalue weighted by molar-refractivity contribution is 5.94. The second kappa shape index (κ2) is 8.67. The number of nitrogens with one attached hydrogen (secondary N) is 2. The molecule has 1 amide bonds. The fourth-order valence-corrected chi connectivity index (χ4v) is 5.18. The summed E-state index contributed by atoms with van der Waals surface area (Å²) in [6.45, 7) is 6.78. The molecule has 3 fully saturated rings. The average molecular weight is 507 g/mol. The number of fused-ring (bicyclic) bond motifs is 1. The molecular weight excluding hydrogens is 478 g/mol. The van der Waals surface area contributed by atoms with Gasteiger partial charge in [0.05, 0.1) is 11.8 Å². The number of aryl methyl sites for hydroxylation is 3. The number of hydrogen-bond donors (Lipinski definition) is 2. The van der Waals surface area contributed by atoms with Crippen LogP contribution in [0.5, 0.6) is 0 Å². The number of halogens is 2. The normalized spacial score (nSPS) is 24.9. The molecule has 4 atom stereocenters. The molecule has 2 aliphatic carbocycles. The number of carbonyl (C=O) groups excluding carboxylic acids is 1. The summed E-state index contributed by atoms with van der Waals surface area (Å²) in [7, 11) is 0. The molecule has 0 spiro atoms. The SMILES string of the molecule is Cc1ccnc([C@H]2C[C@@H]2C(=O)Nc2cc(NCc3ccc(N4CC5C(C4)C5(F)F)nc3C)nc(C)n2)n1. The smallest absolute Gasteiger partial charge is 0.258 e. The second-order valence-electron chi connectivity index (χ2n) is 10.2. The summed E-state index contributed by atoms with van der Waals surface area (Å²) in [6.07, 6.45) is 2.44. The van der Waals surface area contributed by atoms with Crippen LogP contribution in [-0.4, -0.2) is 49.8 Å². The van der Waals surface area contributed by atoms with Crippen molar-refractivity contribution >= 4 is 23.4 Å². The van der Waals surface area contributed by atoms with Gasteiger partial charge in [0.1, 0.15) is 29.1 Å². The maximum atomic E-state index is 13.5. The van der Waals surface area contributed by atoms with Gasteiger partial charge < -0.3 is 15.5 Å². The largest absolute Gasteiger partial charge is 0.366 e. The highest BCUT2D eigenvalue weighted by atomic mass is 19.3. The van der Waals surface area contributed by atoms with Gasteiger partial charge in [0.2, 0.25) is 5.91 Å². The van der Waals surface area contributed by atoms with Crippen molar-refractivity contribution in [3.8, 4) is 0 Å². The molecule has 2 N–H and O–H groups in total. The Morgan fingerprint density at radius 2 is 1.81 bits per heavy atom. The van der Waals surface area contributed by atoms with E-state index in [0.717, 1.165) is 22.8 Å². The summed E-state index contributed by atoms with van der Waals surface area (Å²) >= 11 is 0. The molecule has 3 aliphatic rings. The predicted molar refractivity (Wildman–Crippen MR) is 133 cm³/mol. The Morgan fingerprint density at radius 1 is 1.05 bits per heavy atom. The van der Waals surface area contributed by atoms with E-state index in [-0.39, 0.29) is 17.7 Å². The summed E-state index contributed by atoms with van der Waals surface area (Å²) in [6, 6.07) is 7.39. The Labute approximate surface area is 213 Å².